The van der Waals surface area contributed by atoms with Crippen molar-refractivity contribution in [1.82, 2.24) is 20.2 Å². The minimum Gasteiger partial charge on any atom is -0.492 e. The first-order valence-corrected chi connectivity index (χ1v) is 7.26. The number of tetrazole rings is 1. The van der Waals surface area contributed by atoms with Gasteiger partial charge in [0, 0.05) is 5.75 Å². The Balaban J connectivity index is 1.81. The van der Waals surface area contributed by atoms with Crippen molar-refractivity contribution in [2.75, 3.05) is 12.4 Å². The molecule has 102 valence electrons. The van der Waals surface area contributed by atoms with E-state index in [1.165, 1.54) is 0 Å². The molecule has 0 aliphatic carbocycles. The predicted octanol–water partition coefficient (Wildman–Crippen LogP) is 2.73. The van der Waals surface area contributed by atoms with E-state index in [4.69, 9.17) is 4.74 Å². The molecular formula is C13H18N4OS. The van der Waals surface area contributed by atoms with E-state index in [0.29, 0.717) is 6.61 Å². The maximum Gasteiger partial charge on any atom is 0.209 e. The molecule has 0 unspecified atom stereocenters. The number of aromatic nitrogens is 4. The number of para-hydroxylation sites is 1. The van der Waals surface area contributed by atoms with Crippen LogP contribution in [-0.2, 0) is 0 Å². The van der Waals surface area contributed by atoms with Gasteiger partial charge >= 0.3 is 0 Å². The van der Waals surface area contributed by atoms with Crippen molar-refractivity contribution < 1.29 is 4.74 Å². The van der Waals surface area contributed by atoms with E-state index < -0.39 is 0 Å². The summed E-state index contributed by atoms with van der Waals surface area (Å²) in [5, 5.41) is 12.5. The zero-order valence-electron chi connectivity index (χ0n) is 11.4. The average Bonchev–Trinajstić information content (AvgIpc) is 2.85. The lowest BCUT2D eigenvalue weighted by Gasteiger charge is -2.09. The van der Waals surface area contributed by atoms with E-state index in [9.17, 15) is 0 Å². The highest BCUT2D eigenvalue weighted by atomic mass is 32.2. The third-order valence-electron chi connectivity index (χ3n) is 2.62. The van der Waals surface area contributed by atoms with Crippen LogP contribution in [0.2, 0.25) is 0 Å². The van der Waals surface area contributed by atoms with Gasteiger partial charge in [-0.2, -0.15) is 0 Å². The van der Waals surface area contributed by atoms with Gasteiger partial charge in [-0.15, -0.1) is 5.10 Å². The Morgan fingerprint density at radius 2 is 2.11 bits per heavy atom. The van der Waals surface area contributed by atoms with Gasteiger partial charge < -0.3 is 4.74 Å². The summed E-state index contributed by atoms with van der Waals surface area (Å²) in [4.78, 5) is 0. The highest BCUT2D eigenvalue weighted by molar-refractivity contribution is 7.99. The highest BCUT2D eigenvalue weighted by Gasteiger charge is 2.09. The predicted molar refractivity (Wildman–Crippen MR) is 75.6 cm³/mol. The van der Waals surface area contributed by atoms with Crippen LogP contribution in [0.5, 0.6) is 5.75 Å². The first-order valence-electron chi connectivity index (χ1n) is 6.27. The molecule has 0 saturated carbocycles. The number of nitrogens with zero attached hydrogens (tertiary/aromatic N) is 4. The smallest absolute Gasteiger partial charge is 0.209 e. The van der Waals surface area contributed by atoms with Crippen molar-refractivity contribution >= 4 is 11.8 Å². The normalized spacial score (nSPS) is 10.9. The Morgan fingerprint density at radius 1 is 1.32 bits per heavy atom. The lowest BCUT2D eigenvalue weighted by atomic mass is 10.2. The quantitative estimate of drug-likeness (QED) is 0.600. The van der Waals surface area contributed by atoms with E-state index in [0.717, 1.165) is 22.2 Å². The summed E-state index contributed by atoms with van der Waals surface area (Å²) in [7, 11) is 0. The van der Waals surface area contributed by atoms with Crippen LogP contribution < -0.4 is 4.74 Å². The number of benzene rings is 1. The Bertz CT molecular complexity index is 527. The molecule has 19 heavy (non-hydrogen) atoms. The first-order chi connectivity index (χ1) is 9.18. The fourth-order valence-corrected chi connectivity index (χ4v) is 2.43. The summed E-state index contributed by atoms with van der Waals surface area (Å²) in [5.74, 6) is 1.76. The zero-order chi connectivity index (χ0) is 13.7. The summed E-state index contributed by atoms with van der Waals surface area (Å²) in [6, 6.07) is 8.29. The second-order valence-electron chi connectivity index (χ2n) is 4.46. The van der Waals surface area contributed by atoms with Crippen LogP contribution in [0.4, 0.5) is 0 Å². The molecule has 0 saturated heterocycles. The molecule has 0 spiro atoms. The van der Waals surface area contributed by atoms with Crippen LogP contribution in [0.15, 0.2) is 29.4 Å². The Morgan fingerprint density at radius 3 is 2.84 bits per heavy atom. The second kappa shape index (κ2) is 6.56. The standard InChI is InChI=1S/C13H18N4OS/c1-10(2)17-13(14-15-16-17)19-9-8-18-12-7-5-4-6-11(12)3/h4-7,10H,8-9H2,1-3H3. The molecule has 5 nitrogen and oxygen atoms in total. The molecule has 0 atom stereocenters. The van der Waals surface area contributed by atoms with Gasteiger partial charge in [0.1, 0.15) is 5.75 Å². The molecule has 1 aromatic heterocycles. The number of rotatable bonds is 6. The Hall–Kier alpha value is -1.56. The first kappa shape index (κ1) is 13.9. The van der Waals surface area contributed by atoms with Gasteiger partial charge in [-0.1, -0.05) is 30.0 Å². The summed E-state index contributed by atoms with van der Waals surface area (Å²) < 4.78 is 7.55. The van der Waals surface area contributed by atoms with Crippen LogP contribution in [0.3, 0.4) is 0 Å². The topological polar surface area (TPSA) is 52.8 Å². The fourth-order valence-electron chi connectivity index (χ4n) is 1.61. The van der Waals surface area contributed by atoms with Gasteiger partial charge in [0.2, 0.25) is 5.16 Å². The van der Waals surface area contributed by atoms with Crippen molar-refractivity contribution in [2.24, 2.45) is 0 Å². The Kier molecular flexibility index (Phi) is 4.79. The molecule has 0 amide bonds. The molecule has 1 aromatic carbocycles. The summed E-state index contributed by atoms with van der Waals surface area (Å²) in [6.07, 6.45) is 0. The monoisotopic (exact) mass is 278 g/mol. The number of aryl methyl sites for hydroxylation is 1. The van der Waals surface area contributed by atoms with Crippen LogP contribution in [-0.4, -0.2) is 32.6 Å². The maximum absolute atomic E-state index is 5.74. The highest BCUT2D eigenvalue weighted by Crippen LogP contribution is 2.19. The van der Waals surface area contributed by atoms with E-state index in [1.807, 2.05) is 35.9 Å². The fraction of sp³-hybridized carbons (Fsp3) is 0.462. The molecule has 2 aromatic rings. The summed E-state index contributed by atoms with van der Waals surface area (Å²) in [5.41, 5.74) is 1.15. The molecule has 0 fully saturated rings. The number of thioether (sulfide) groups is 1. The molecule has 0 bridgehead atoms. The Labute approximate surface area is 117 Å². The zero-order valence-corrected chi connectivity index (χ0v) is 12.2. The largest absolute Gasteiger partial charge is 0.492 e. The van der Waals surface area contributed by atoms with Gasteiger partial charge in [-0.25, -0.2) is 4.68 Å². The summed E-state index contributed by atoms with van der Waals surface area (Å²) >= 11 is 1.61. The molecule has 6 heteroatoms. The molecule has 1 heterocycles. The maximum atomic E-state index is 5.74. The van der Waals surface area contributed by atoms with Crippen molar-refractivity contribution in [2.45, 2.75) is 32.0 Å². The molecule has 0 radical (unpaired) electrons. The van der Waals surface area contributed by atoms with Crippen molar-refractivity contribution in [1.29, 1.82) is 0 Å². The van der Waals surface area contributed by atoms with E-state index >= 15 is 0 Å². The van der Waals surface area contributed by atoms with Crippen molar-refractivity contribution in [3.63, 3.8) is 0 Å². The molecule has 0 N–H and O–H groups in total. The number of ether oxygens (including phenoxy) is 1. The van der Waals surface area contributed by atoms with Gasteiger partial charge in [0.25, 0.3) is 0 Å². The number of hydrogen-bond acceptors (Lipinski definition) is 5. The van der Waals surface area contributed by atoms with E-state index in [-0.39, 0.29) is 6.04 Å². The van der Waals surface area contributed by atoms with Crippen LogP contribution in [0, 0.1) is 6.92 Å². The summed E-state index contributed by atoms with van der Waals surface area (Å²) in [6.45, 7) is 6.80. The number of hydrogen-bond donors (Lipinski definition) is 0. The van der Waals surface area contributed by atoms with Gasteiger partial charge in [-0.3, -0.25) is 0 Å². The van der Waals surface area contributed by atoms with Crippen LogP contribution >= 0.6 is 11.8 Å². The van der Waals surface area contributed by atoms with Crippen LogP contribution in [0.1, 0.15) is 25.5 Å². The SMILES string of the molecule is Cc1ccccc1OCCSc1nnnn1C(C)C. The van der Waals surface area contributed by atoms with Crippen LogP contribution in [0.25, 0.3) is 0 Å². The minimum atomic E-state index is 0.273. The molecule has 2 rings (SSSR count). The lowest BCUT2D eigenvalue weighted by molar-refractivity contribution is 0.341. The molecule has 0 aliphatic heterocycles. The van der Waals surface area contributed by atoms with Crippen molar-refractivity contribution in [3.05, 3.63) is 29.8 Å². The molecule has 0 aliphatic rings. The average molecular weight is 278 g/mol. The van der Waals surface area contributed by atoms with Crippen molar-refractivity contribution in [3.8, 4) is 5.75 Å². The van der Waals surface area contributed by atoms with Gasteiger partial charge in [0.15, 0.2) is 0 Å². The van der Waals surface area contributed by atoms with Gasteiger partial charge in [0.05, 0.1) is 12.6 Å². The third kappa shape index (κ3) is 3.70. The molecular weight excluding hydrogens is 260 g/mol. The second-order valence-corrected chi connectivity index (χ2v) is 5.52. The van der Waals surface area contributed by atoms with E-state index in [1.54, 1.807) is 11.8 Å². The third-order valence-corrected chi connectivity index (χ3v) is 3.52. The lowest BCUT2D eigenvalue weighted by Crippen LogP contribution is -2.07. The van der Waals surface area contributed by atoms with E-state index in [2.05, 4.69) is 29.4 Å². The van der Waals surface area contributed by atoms with Gasteiger partial charge in [-0.05, 0) is 42.8 Å². The minimum absolute atomic E-state index is 0.273.